The van der Waals surface area contributed by atoms with E-state index >= 15 is 0 Å². The van der Waals surface area contributed by atoms with E-state index in [2.05, 4.69) is 56.3 Å². The standard InChI is InChI=1S/C36H20OS5/c1-17-11-28-27(35-25(17)13-19(41-35)15-29-31(37)21-7-3-4-8-22(21)32(29)38)12-18(2)26-14-20(42-36(26)28)16-30-33(39)23-9-5-6-10-24(23)34(30)40/h3-16H,1-2H3/b29-15-. The minimum Gasteiger partial charge on any atom is -0.289 e. The number of Topliss-reactive ketones (excluding diaryl/α,β-unsaturated/α-hetero) is 1. The Morgan fingerprint density at radius 3 is 1.43 bits per heavy atom. The lowest BCUT2D eigenvalue weighted by molar-refractivity contribution is 0.104. The Balaban J connectivity index is 1.26. The first-order valence-corrected chi connectivity index (χ1v) is 16.4. The number of hydrogen-bond donors (Lipinski definition) is 0. The highest BCUT2D eigenvalue weighted by atomic mass is 32.1. The van der Waals surface area contributed by atoms with Gasteiger partial charge in [-0.3, -0.25) is 4.79 Å². The predicted octanol–water partition coefficient (Wildman–Crippen LogP) is 10.4. The summed E-state index contributed by atoms with van der Waals surface area (Å²) < 4.78 is 2.50. The number of allylic oxidation sites excluding steroid dienone is 2. The predicted molar refractivity (Wildman–Crippen MR) is 192 cm³/mol. The summed E-state index contributed by atoms with van der Waals surface area (Å²) in [6.07, 6.45) is 4.15. The summed E-state index contributed by atoms with van der Waals surface area (Å²) in [5, 5.41) is 4.95. The molecule has 42 heavy (non-hydrogen) atoms. The van der Waals surface area contributed by atoms with Gasteiger partial charge in [-0.05, 0) is 72.2 Å². The van der Waals surface area contributed by atoms with Crippen LogP contribution in [-0.2, 0) is 0 Å². The van der Waals surface area contributed by atoms with Crippen LogP contribution in [0.15, 0.2) is 83.9 Å². The molecule has 0 fully saturated rings. The highest BCUT2D eigenvalue weighted by Gasteiger charge is 2.30. The van der Waals surface area contributed by atoms with Crippen molar-refractivity contribution in [3.63, 3.8) is 0 Å². The van der Waals surface area contributed by atoms with Gasteiger partial charge in [-0.15, -0.1) is 22.7 Å². The smallest absolute Gasteiger partial charge is 0.195 e. The molecule has 2 aromatic heterocycles. The number of ketones is 1. The monoisotopic (exact) mass is 628 g/mol. The largest absolute Gasteiger partial charge is 0.289 e. The van der Waals surface area contributed by atoms with Crippen molar-refractivity contribution < 1.29 is 4.79 Å². The van der Waals surface area contributed by atoms with Crippen LogP contribution in [-0.4, -0.2) is 20.4 Å². The van der Waals surface area contributed by atoms with Crippen molar-refractivity contribution in [2.24, 2.45) is 0 Å². The number of carbonyl (C=O) groups excluding carboxylic acids is 1. The second kappa shape index (κ2) is 9.49. The number of thiocarbonyl (C=S) groups is 3. The Morgan fingerprint density at radius 1 is 0.548 bits per heavy atom. The van der Waals surface area contributed by atoms with Gasteiger partial charge in [0.1, 0.15) is 0 Å². The van der Waals surface area contributed by atoms with Gasteiger partial charge in [0.25, 0.3) is 0 Å². The van der Waals surface area contributed by atoms with Crippen LogP contribution in [0.25, 0.3) is 43.1 Å². The molecular formula is C36H20OS5. The molecule has 0 amide bonds. The van der Waals surface area contributed by atoms with Crippen LogP contribution in [0.3, 0.4) is 0 Å². The van der Waals surface area contributed by atoms with Gasteiger partial charge >= 0.3 is 0 Å². The van der Waals surface area contributed by atoms with Crippen LogP contribution in [0.1, 0.15) is 47.9 Å². The van der Waals surface area contributed by atoms with E-state index < -0.39 is 0 Å². The van der Waals surface area contributed by atoms with E-state index in [1.165, 1.54) is 42.1 Å². The third-order valence-electron chi connectivity index (χ3n) is 8.24. The second-order valence-corrected chi connectivity index (χ2v) is 14.2. The van der Waals surface area contributed by atoms with Crippen LogP contribution in [0.2, 0.25) is 0 Å². The quantitative estimate of drug-likeness (QED) is 0.140. The number of thiophene rings is 2. The van der Waals surface area contributed by atoms with Crippen LogP contribution in [0.5, 0.6) is 0 Å². The first kappa shape index (κ1) is 26.1. The van der Waals surface area contributed by atoms with E-state index in [-0.39, 0.29) is 5.78 Å². The zero-order valence-corrected chi connectivity index (χ0v) is 26.6. The van der Waals surface area contributed by atoms with Crippen molar-refractivity contribution in [1.82, 2.24) is 0 Å². The van der Waals surface area contributed by atoms with E-state index in [0.717, 1.165) is 41.7 Å². The summed E-state index contributed by atoms with van der Waals surface area (Å²) in [4.78, 5) is 17.6. The Hall–Kier alpha value is -3.52. The first-order valence-electron chi connectivity index (χ1n) is 13.5. The van der Waals surface area contributed by atoms with Crippen LogP contribution in [0, 0.1) is 13.8 Å². The Kier molecular flexibility index (Phi) is 5.91. The molecule has 2 heterocycles. The van der Waals surface area contributed by atoms with Crippen LogP contribution >= 0.6 is 59.3 Å². The molecule has 0 atom stereocenters. The van der Waals surface area contributed by atoms with Crippen molar-refractivity contribution in [1.29, 1.82) is 0 Å². The van der Waals surface area contributed by atoms with Crippen molar-refractivity contribution in [2.75, 3.05) is 0 Å². The molecule has 0 bridgehead atoms. The fourth-order valence-electron chi connectivity index (χ4n) is 6.16. The maximum atomic E-state index is 13.2. The topological polar surface area (TPSA) is 17.1 Å². The highest BCUT2D eigenvalue weighted by molar-refractivity contribution is 7.84. The van der Waals surface area contributed by atoms with Crippen molar-refractivity contribution in [3.8, 4) is 0 Å². The molecule has 8 rings (SSSR count). The van der Waals surface area contributed by atoms with Gasteiger partial charge in [0.15, 0.2) is 5.78 Å². The summed E-state index contributed by atoms with van der Waals surface area (Å²) in [7, 11) is 0. The molecule has 200 valence electrons. The number of aryl methyl sites for hydroxylation is 2. The summed E-state index contributed by atoms with van der Waals surface area (Å²) >= 11 is 20.9. The molecule has 1 nitrogen and oxygen atoms in total. The average Bonchev–Trinajstić information content (AvgIpc) is 3.73. The Bertz CT molecular complexity index is 2100. The van der Waals surface area contributed by atoms with Crippen LogP contribution < -0.4 is 0 Å². The number of hydrogen-bond acceptors (Lipinski definition) is 6. The van der Waals surface area contributed by atoms with Gasteiger partial charge in [-0.1, -0.05) is 85.2 Å². The molecule has 0 aliphatic heterocycles. The first-order chi connectivity index (χ1) is 20.3. The van der Waals surface area contributed by atoms with Crippen molar-refractivity contribution in [2.45, 2.75) is 13.8 Å². The van der Waals surface area contributed by atoms with E-state index in [4.69, 9.17) is 36.7 Å². The summed E-state index contributed by atoms with van der Waals surface area (Å²) in [5.74, 6) is 0.0109. The summed E-state index contributed by atoms with van der Waals surface area (Å²) in [6.45, 7) is 4.35. The third-order valence-corrected chi connectivity index (χ3v) is 11.8. The molecule has 6 aromatic rings. The Labute approximate surface area is 266 Å². The average molecular weight is 629 g/mol. The third kappa shape index (κ3) is 3.76. The molecule has 0 N–H and O–H groups in total. The number of carbonyl (C=O) groups is 1. The van der Waals surface area contributed by atoms with E-state index in [9.17, 15) is 4.79 Å². The fourth-order valence-corrected chi connectivity index (χ4v) is 9.63. The van der Waals surface area contributed by atoms with Gasteiger partial charge < -0.3 is 0 Å². The van der Waals surface area contributed by atoms with Gasteiger partial charge in [-0.25, -0.2) is 0 Å². The molecule has 0 saturated heterocycles. The molecule has 4 aromatic carbocycles. The van der Waals surface area contributed by atoms with Gasteiger partial charge in [-0.2, -0.15) is 0 Å². The SMILES string of the molecule is Cc1cc2c(cc(C)c3cc(/C=C4/C(=O)c5ccccc5C4=S)sc32)c2sc(C=C3C(=S)c4ccccc4C3=S)cc12. The number of rotatable bonds is 2. The zero-order chi connectivity index (χ0) is 28.9. The maximum Gasteiger partial charge on any atom is 0.195 e. The zero-order valence-electron chi connectivity index (χ0n) is 22.5. The lowest BCUT2D eigenvalue weighted by Gasteiger charge is -2.07. The van der Waals surface area contributed by atoms with E-state index in [1.807, 2.05) is 42.5 Å². The van der Waals surface area contributed by atoms with Gasteiger partial charge in [0.2, 0.25) is 0 Å². The van der Waals surface area contributed by atoms with Gasteiger partial charge in [0.05, 0.1) is 14.6 Å². The molecule has 2 aliphatic rings. The molecule has 0 unspecified atom stereocenters. The Morgan fingerprint density at radius 2 is 0.952 bits per heavy atom. The number of benzene rings is 4. The molecule has 2 aliphatic carbocycles. The fraction of sp³-hybridized carbons (Fsp3) is 0.0556. The molecule has 0 radical (unpaired) electrons. The van der Waals surface area contributed by atoms with Crippen LogP contribution in [0.4, 0.5) is 0 Å². The molecule has 0 saturated carbocycles. The molecule has 0 spiro atoms. The summed E-state index contributed by atoms with van der Waals surface area (Å²) in [6, 6.07) is 24.8. The normalized spacial score (nSPS) is 15.6. The maximum absolute atomic E-state index is 13.2. The minimum atomic E-state index is 0.0109. The summed E-state index contributed by atoms with van der Waals surface area (Å²) in [5.41, 5.74) is 7.68. The molecule has 6 heteroatoms. The molecular weight excluding hydrogens is 609 g/mol. The van der Waals surface area contributed by atoms with E-state index in [1.54, 1.807) is 22.7 Å². The lowest BCUT2D eigenvalue weighted by Crippen LogP contribution is -1.98. The second-order valence-electron chi connectivity index (χ2n) is 10.8. The minimum absolute atomic E-state index is 0.0109. The van der Waals surface area contributed by atoms with E-state index in [0.29, 0.717) is 16.0 Å². The number of fused-ring (bicyclic) bond motifs is 7. The van der Waals surface area contributed by atoms with Crippen molar-refractivity contribution >= 4 is 123 Å². The lowest BCUT2D eigenvalue weighted by atomic mass is 9.99. The van der Waals surface area contributed by atoms with Crippen molar-refractivity contribution in [3.05, 3.63) is 127 Å². The highest BCUT2D eigenvalue weighted by Crippen LogP contribution is 2.43. The van der Waals surface area contributed by atoms with Gasteiger partial charge in [0, 0.05) is 63.3 Å².